The van der Waals surface area contributed by atoms with Gasteiger partial charge in [0, 0.05) is 12.2 Å². The highest BCUT2D eigenvalue weighted by Crippen LogP contribution is 2.33. The number of alkyl halides is 3. The average molecular weight is 300 g/mol. The zero-order valence-electron chi connectivity index (χ0n) is 11.9. The van der Waals surface area contributed by atoms with E-state index in [1.165, 1.54) is 12.1 Å². The summed E-state index contributed by atoms with van der Waals surface area (Å²) in [6, 6.07) is 4.74. The van der Waals surface area contributed by atoms with Crippen LogP contribution in [0.4, 0.5) is 18.9 Å². The third-order valence-corrected chi connectivity index (χ3v) is 4.08. The first-order valence-corrected chi connectivity index (χ1v) is 7.07. The molecular weight excluding hydrogens is 281 g/mol. The van der Waals surface area contributed by atoms with Crippen molar-refractivity contribution < 1.29 is 18.0 Å². The third-order valence-electron chi connectivity index (χ3n) is 4.08. The number of amides is 1. The Kier molecular flexibility index (Phi) is 4.56. The van der Waals surface area contributed by atoms with Crippen molar-refractivity contribution in [2.24, 2.45) is 5.41 Å². The number of hydrogen-bond acceptors (Lipinski definition) is 2. The number of hydrogen-bond donors (Lipinski definition) is 2. The lowest BCUT2D eigenvalue weighted by molar-refractivity contribution is -0.137. The maximum absolute atomic E-state index is 12.7. The molecule has 2 rings (SSSR count). The SMILES string of the molecule is CCC1(C(=O)Nc2cccc(C(F)(F)F)c2)CCCNC1. The predicted molar refractivity (Wildman–Crippen MR) is 74.9 cm³/mol. The summed E-state index contributed by atoms with van der Waals surface area (Å²) in [5.41, 5.74) is -1.10. The standard InChI is InChI=1S/C15H19F3N2O/c1-2-14(7-4-8-19-10-14)13(21)20-12-6-3-5-11(9-12)15(16,17)18/h3,5-6,9,19H,2,4,7-8,10H2,1H3,(H,20,21). The summed E-state index contributed by atoms with van der Waals surface area (Å²) in [6.07, 6.45) is -2.11. The van der Waals surface area contributed by atoms with Gasteiger partial charge in [0.2, 0.25) is 5.91 Å². The van der Waals surface area contributed by atoms with Crippen molar-refractivity contribution >= 4 is 11.6 Å². The zero-order chi connectivity index (χ0) is 15.5. The summed E-state index contributed by atoms with van der Waals surface area (Å²) in [6.45, 7) is 3.37. The Balaban J connectivity index is 2.15. The van der Waals surface area contributed by atoms with Crippen molar-refractivity contribution in [1.29, 1.82) is 0 Å². The van der Waals surface area contributed by atoms with Crippen LogP contribution in [-0.2, 0) is 11.0 Å². The smallest absolute Gasteiger partial charge is 0.326 e. The van der Waals surface area contributed by atoms with Crippen molar-refractivity contribution in [3.63, 3.8) is 0 Å². The molecule has 1 saturated heterocycles. The zero-order valence-corrected chi connectivity index (χ0v) is 11.9. The Hall–Kier alpha value is -1.56. The van der Waals surface area contributed by atoms with Gasteiger partial charge < -0.3 is 10.6 Å². The number of carbonyl (C=O) groups excluding carboxylic acids is 1. The molecular formula is C15H19F3N2O. The van der Waals surface area contributed by atoms with Crippen LogP contribution in [0.1, 0.15) is 31.7 Å². The van der Waals surface area contributed by atoms with E-state index in [-0.39, 0.29) is 11.6 Å². The fraction of sp³-hybridized carbons (Fsp3) is 0.533. The van der Waals surface area contributed by atoms with Gasteiger partial charge in [0.25, 0.3) is 0 Å². The number of benzene rings is 1. The summed E-state index contributed by atoms with van der Waals surface area (Å²) in [4.78, 5) is 12.4. The van der Waals surface area contributed by atoms with Crippen LogP contribution in [0.15, 0.2) is 24.3 Å². The average Bonchev–Trinajstić information content (AvgIpc) is 2.47. The maximum atomic E-state index is 12.7. The Morgan fingerprint density at radius 1 is 1.43 bits per heavy atom. The lowest BCUT2D eigenvalue weighted by Crippen LogP contribution is -2.47. The van der Waals surface area contributed by atoms with E-state index >= 15 is 0 Å². The second kappa shape index (κ2) is 6.05. The maximum Gasteiger partial charge on any atom is 0.416 e. The molecule has 0 radical (unpaired) electrons. The van der Waals surface area contributed by atoms with E-state index in [0.717, 1.165) is 31.5 Å². The van der Waals surface area contributed by atoms with Crippen LogP contribution >= 0.6 is 0 Å². The molecule has 6 heteroatoms. The van der Waals surface area contributed by atoms with E-state index in [1.54, 1.807) is 0 Å². The highest BCUT2D eigenvalue weighted by Gasteiger charge is 2.38. The molecule has 1 atom stereocenters. The molecule has 0 aromatic heterocycles. The van der Waals surface area contributed by atoms with E-state index < -0.39 is 17.2 Å². The Labute approximate surface area is 121 Å². The first kappa shape index (κ1) is 15.8. The van der Waals surface area contributed by atoms with Crippen molar-refractivity contribution in [2.75, 3.05) is 18.4 Å². The summed E-state index contributed by atoms with van der Waals surface area (Å²) < 4.78 is 38.0. The number of carbonyl (C=O) groups is 1. The second-order valence-corrected chi connectivity index (χ2v) is 5.45. The van der Waals surface area contributed by atoms with Crippen LogP contribution in [0, 0.1) is 5.41 Å². The van der Waals surface area contributed by atoms with Crippen LogP contribution in [0.25, 0.3) is 0 Å². The summed E-state index contributed by atoms with van der Waals surface area (Å²) in [5.74, 6) is -0.212. The number of halogens is 3. The minimum atomic E-state index is -4.41. The monoisotopic (exact) mass is 300 g/mol. The molecule has 1 unspecified atom stereocenters. The van der Waals surface area contributed by atoms with Gasteiger partial charge in [-0.3, -0.25) is 4.79 Å². The number of rotatable bonds is 3. The predicted octanol–water partition coefficient (Wildman–Crippen LogP) is 3.42. The molecule has 0 bridgehead atoms. The molecule has 116 valence electrons. The number of piperidine rings is 1. The largest absolute Gasteiger partial charge is 0.416 e. The van der Waals surface area contributed by atoms with Gasteiger partial charge in [0.05, 0.1) is 11.0 Å². The summed E-state index contributed by atoms with van der Waals surface area (Å²) in [7, 11) is 0. The fourth-order valence-electron chi connectivity index (χ4n) is 2.66. The van der Waals surface area contributed by atoms with Crippen LogP contribution in [-0.4, -0.2) is 19.0 Å². The summed E-state index contributed by atoms with van der Waals surface area (Å²) in [5, 5.41) is 5.83. The van der Waals surface area contributed by atoms with E-state index in [4.69, 9.17) is 0 Å². The quantitative estimate of drug-likeness (QED) is 0.898. The van der Waals surface area contributed by atoms with Gasteiger partial charge in [0.1, 0.15) is 0 Å². The van der Waals surface area contributed by atoms with E-state index in [9.17, 15) is 18.0 Å². The molecule has 1 fully saturated rings. The third kappa shape index (κ3) is 3.56. The molecule has 0 aliphatic carbocycles. The van der Waals surface area contributed by atoms with Crippen LogP contribution < -0.4 is 10.6 Å². The lowest BCUT2D eigenvalue weighted by Gasteiger charge is -2.35. The minimum absolute atomic E-state index is 0.188. The minimum Gasteiger partial charge on any atom is -0.326 e. The highest BCUT2D eigenvalue weighted by molar-refractivity contribution is 5.95. The van der Waals surface area contributed by atoms with Crippen LogP contribution in [0.2, 0.25) is 0 Å². The van der Waals surface area contributed by atoms with Gasteiger partial charge in [-0.05, 0) is 44.0 Å². The Morgan fingerprint density at radius 3 is 2.76 bits per heavy atom. The molecule has 1 aromatic rings. The van der Waals surface area contributed by atoms with E-state index in [2.05, 4.69) is 10.6 Å². The lowest BCUT2D eigenvalue weighted by atomic mass is 9.77. The topological polar surface area (TPSA) is 41.1 Å². The van der Waals surface area contributed by atoms with Gasteiger partial charge >= 0.3 is 6.18 Å². The molecule has 1 aromatic carbocycles. The van der Waals surface area contributed by atoms with Gasteiger partial charge in [-0.2, -0.15) is 13.2 Å². The van der Waals surface area contributed by atoms with Gasteiger partial charge in [-0.1, -0.05) is 13.0 Å². The van der Waals surface area contributed by atoms with Crippen molar-refractivity contribution in [2.45, 2.75) is 32.4 Å². The van der Waals surface area contributed by atoms with E-state index in [0.29, 0.717) is 13.0 Å². The molecule has 1 aliphatic rings. The fourth-order valence-corrected chi connectivity index (χ4v) is 2.66. The molecule has 3 nitrogen and oxygen atoms in total. The molecule has 1 amide bonds. The van der Waals surface area contributed by atoms with Crippen LogP contribution in [0.5, 0.6) is 0 Å². The molecule has 1 heterocycles. The number of nitrogens with one attached hydrogen (secondary N) is 2. The van der Waals surface area contributed by atoms with Gasteiger partial charge in [-0.15, -0.1) is 0 Å². The van der Waals surface area contributed by atoms with E-state index in [1.807, 2.05) is 6.92 Å². The second-order valence-electron chi connectivity index (χ2n) is 5.45. The molecule has 0 saturated carbocycles. The van der Waals surface area contributed by atoms with Gasteiger partial charge in [-0.25, -0.2) is 0 Å². The molecule has 0 spiro atoms. The molecule has 2 N–H and O–H groups in total. The Bertz CT molecular complexity index is 508. The normalized spacial score (nSPS) is 22.9. The first-order valence-electron chi connectivity index (χ1n) is 7.07. The van der Waals surface area contributed by atoms with Gasteiger partial charge in [0.15, 0.2) is 0 Å². The van der Waals surface area contributed by atoms with Crippen molar-refractivity contribution in [1.82, 2.24) is 5.32 Å². The molecule has 1 aliphatic heterocycles. The van der Waals surface area contributed by atoms with Crippen molar-refractivity contribution in [3.05, 3.63) is 29.8 Å². The highest BCUT2D eigenvalue weighted by atomic mass is 19.4. The number of anilines is 1. The summed E-state index contributed by atoms with van der Waals surface area (Å²) >= 11 is 0. The Morgan fingerprint density at radius 2 is 2.19 bits per heavy atom. The van der Waals surface area contributed by atoms with Crippen molar-refractivity contribution in [3.8, 4) is 0 Å². The first-order chi connectivity index (χ1) is 9.87. The van der Waals surface area contributed by atoms with Crippen LogP contribution in [0.3, 0.4) is 0 Å². The molecule has 21 heavy (non-hydrogen) atoms.